The Morgan fingerprint density at radius 1 is 1.17 bits per heavy atom. The van der Waals surface area contributed by atoms with Crippen molar-refractivity contribution in [1.29, 1.82) is 0 Å². The van der Waals surface area contributed by atoms with E-state index in [9.17, 15) is 4.39 Å². The molecule has 1 atom stereocenters. The lowest BCUT2D eigenvalue weighted by Crippen LogP contribution is -2.02. The summed E-state index contributed by atoms with van der Waals surface area (Å²) in [7, 11) is 0. The zero-order chi connectivity index (χ0) is 7.40. The molecule has 0 spiro atoms. The van der Waals surface area contributed by atoms with Crippen molar-refractivity contribution < 1.29 is 9.13 Å². The van der Waals surface area contributed by atoms with Crippen molar-refractivity contribution in [2.75, 3.05) is 0 Å². The van der Waals surface area contributed by atoms with E-state index in [0.29, 0.717) is 5.75 Å². The Bertz CT molecular complexity index is 192. The largest absolute Gasteiger partial charge is 0.461 e. The third-order valence-electron chi connectivity index (χ3n) is 1.04. The van der Waals surface area contributed by atoms with E-state index in [-0.39, 0.29) is 24.8 Å². The summed E-state index contributed by atoms with van der Waals surface area (Å²) < 4.78 is 16.9. The zero-order valence-electron chi connectivity index (χ0n) is 6.57. The molecular weight excluding hydrogens is 202 g/mol. The Balaban J connectivity index is 0. The summed E-state index contributed by atoms with van der Waals surface area (Å²) in [5.74, 6) is 0.567. The molecule has 1 aromatic rings. The highest BCUT2D eigenvalue weighted by Crippen LogP contribution is 2.10. The van der Waals surface area contributed by atoms with E-state index in [4.69, 9.17) is 4.74 Å². The van der Waals surface area contributed by atoms with Gasteiger partial charge in [0.25, 0.3) is 0 Å². The van der Waals surface area contributed by atoms with Crippen LogP contribution in [0.25, 0.3) is 0 Å². The highest BCUT2D eigenvalue weighted by atomic mass is 35.5. The Hall–Kier alpha value is -0.470. The molecule has 0 heterocycles. The third-order valence-corrected chi connectivity index (χ3v) is 1.04. The molecule has 0 N–H and O–H groups in total. The lowest BCUT2D eigenvalue weighted by Gasteiger charge is -2.04. The van der Waals surface area contributed by atoms with Crippen LogP contribution in [0.3, 0.4) is 0 Å². The second-order valence-electron chi connectivity index (χ2n) is 1.97. The molecule has 4 heteroatoms. The van der Waals surface area contributed by atoms with Crippen LogP contribution >= 0.6 is 24.8 Å². The highest BCUT2D eigenvalue weighted by Gasteiger charge is 1.96. The van der Waals surface area contributed by atoms with Gasteiger partial charge in [-0.05, 0) is 12.1 Å². The van der Waals surface area contributed by atoms with Crippen LogP contribution in [0.4, 0.5) is 4.39 Å². The van der Waals surface area contributed by atoms with E-state index < -0.39 is 6.36 Å². The number of ether oxygens (including phenoxy) is 1. The van der Waals surface area contributed by atoms with Crippen molar-refractivity contribution >= 4 is 24.8 Å². The Kier molecular flexibility index (Phi) is 8.44. The molecule has 70 valence electrons. The van der Waals surface area contributed by atoms with Gasteiger partial charge in [0.05, 0.1) is 0 Å². The molecule has 1 unspecified atom stereocenters. The van der Waals surface area contributed by atoms with E-state index in [0.717, 1.165) is 0 Å². The molecule has 0 aromatic heterocycles. The van der Waals surface area contributed by atoms with Crippen LogP contribution in [-0.4, -0.2) is 6.36 Å². The fourth-order valence-electron chi connectivity index (χ4n) is 0.687. The minimum absolute atomic E-state index is 0. The summed E-state index contributed by atoms with van der Waals surface area (Å²) in [6.07, 6.45) is -1.23. The van der Waals surface area contributed by atoms with E-state index in [1.165, 1.54) is 6.92 Å². The molecule has 0 bridgehead atoms. The topological polar surface area (TPSA) is 9.23 Å². The van der Waals surface area contributed by atoms with Crippen LogP contribution in [0.1, 0.15) is 6.92 Å². The SMILES string of the molecule is CC(F)Oc1ccccc1.Cl.Cl. The Morgan fingerprint density at radius 2 is 1.67 bits per heavy atom. The quantitative estimate of drug-likeness (QED) is 0.732. The maximum Gasteiger partial charge on any atom is 0.235 e. The van der Waals surface area contributed by atoms with Crippen molar-refractivity contribution in [3.05, 3.63) is 30.3 Å². The molecule has 0 radical (unpaired) electrons. The molecule has 0 fully saturated rings. The lowest BCUT2D eigenvalue weighted by atomic mass is 10.3. The Labute approximate surface area is 83.7 Å². The average molecular weight is 213 g/mol. The molecule has 0 amide bonds. The summed E-state index contributed by atoms with van der Waals surface area (Å²) in [5.41, 5.74) is 0. The van der Waals surface area contributed by atoms with Crippen molar-refractivity contribution in [2.45, 2.75) is 13.3 Å². The number of benzene rings is 1. The highest BCUT2D eigenvalue weighted by molar-refractivity contribution is 5.85. The molecule has 0 saturated heterocycles. The van der Waals surface area contributed by atoms with Gasteiger partial charge in [-0.3, -0.25) is 0 Å². The van der Waals surface area contributed by atoms with Crippen LogP contribution in [0, 0.1) is 0 Å². The van der Waals surface area contributed by atoms with E-state index >= 15 is 0 Å². The molecule has 0 aliphatic heterocycles. The van der Waals surface area contributed by atoms with Gasteiger partial charge in [-0.15, -0.1) is 24.8 Å². The first-order chi connectivity index (χ1) is 4.79. The zero-order valence-corrected chi connectivity index (χ0v) is 8.20. The predicted molar refractivity (Wildman–Crippen MR) is 52.1 cm³/mol. The van der Waals surface area contributed by atoms with Gasteiger partial charge in [-0.25, -0.2) is 4.39 Å². The number of hydrogen-bond acceptors (Lipinski definition) is 1. The van der Waals surface area contributed by atoms with Crippen molar-refractivity contribution in [3.63, 3.8) is 0 Å². The minimum Gasteiger partial charge on any atom is -0.461 e. The van der Waals surface area contributed by atoms with E-state index in [1.54, 1.807) is 24.3 Å². The number of halogens is 3. The van der Waals surface area contributed by atoms with Gasteiger partial charge in [0.1, 0.15) is 5.75 Å². The molecule has 1 nitrogen and oxygen atoms in total. The maximum atomic E-state index is 12.2. The summed E-state index contributed by atoms with van der Waals surface area (Å²) in [6, 6.07) is 8.90. The summed E-state index contributed by atoms with van der Waals surface area (Å²) in [5, 5.41) is 0. The van der Waals surface area contributed by atoms with Gasteiger partial charge in [-0.2, -0.15) is 0 Å². The number of rotatable bonds is 2. The predicted octanol–water partition coefficient (Wildman–Crippen LogP) is 3.22. The summed E-state index contributed by atoms with van der Waals surface area (Å²) in [4.78, 5) is 0. The van der Waals surface area contributed by atoms with Crippen LogP contribution in [-0.2, 0) is 0 Å². The molecule has 1 aromatic carbocycles. The first-order valence-corrected chi connectivity index (χ1v) is 3.15. The van der Waals surface area contributed by atoms with Crippen molar-refractivity contribution in [3.8, 4) is 5.75 Å². The van der Waals surface area contributed by atoms with E-state index in [2.05, 4.69) is 0 Å². The molecule has 0 aliphatic carbocycles. The van der Waals surface area contributed by atoms with Gasteiger partial charge < -0.3 is 4.74 Å². The fraction of sp³-hybridized carbons (Fsp3) is 0.250. The van der Waals surface area contributed by atoms with Crippen molar-refractivity contribution in [2.24, 2.45) is 0 Å². The van der Waals surface area contributed by atoms with Gasteiger partial charge in [0, 0.05) is 6.92 Å². The smallest absolute Gasteiger partial charge is 0.235 e. The first kappa shape index (κ1) is 14.1. The number of alkyl halides is 1. The van der Waals surface area contributed by atoms with Gasteiger partial charge in [0.2, 0.25) is 6.36 Å². The monoisotopic (exact) mass is 212 g/mol. The Morgan fingerprint density at radius 3 is 2.08 bits per heavy atom. The van der Waals surface area contributed by atoms with Gasteiger partial charge in [-0.1, -0.05) is 18.2 Å². The fourth-order valence-corrected chi connectivity index (χ4v) is 0.687. The molecule has 0 aliphatic rings. The molecule has 12 heavy (non-hydrogen) atoms. The van der Waals surface area contributed by atoms with Crippen molar-refractivity contribution in [1.82, 2.24) is 0 Å². The van der Waals surface area contributed by atoms with Crippen LogP contribution < -0.4 is 4.74 Å². The second kappa shape index (κ2) is 7.19. The number of hydrogen-bond donors (Lipinski definition) is 0. The van der Waals surface area contributed by atoms with Crippen LogP contribution in [0.5, 0.6) is 5.75 Å². The third kappa shape index (κ3) is 5.22. The van der Waals surface area contributed by atoms with Gasteiger partial charge in [0.15, 0.2) is 0 Å². The lowest BCUT2D eigenvalue weighted by molar-refractivity contribution is 0.0860. The standard InChI is InChI=1S/C8H9FO.2ClH/c1-7(9)10-8-5-3-2-4-6-8;;/h2-7H,1H3;2*1H. The molecular formula is C8H11Cl2FO. The molecule has 0 saturated carbocycles. The van der Waals surface area contributed by atoms with Crippen LogP contribution in [0.15, 0.2) is 30.3 Å². The number of para-hydroxylation sites is 1. The average Bonchev–Trinajstić information content (AvgIpc) is 1.88. The van der Waals surface area contributed by atoms with Gasteiger partial charge >= 0.3 is 0 Å². The second-order valence-corrected chi connectivity index (χ2v) is 1.97. The first-order valence-electron chi connectivity index (χ1n) is 3.15. The minimum atomic E-state index is -1.23. The van der Waals surface area contributed by atoms with E-state index in [1.807, 2.05) is 6.07 Å². The van der Waals surface area contributed by atoms with Crippen LogP contribution in [0.2, 0.25) is 0 Å². The normalized spacial score (nSPS) is 10.5. The summed E-state index contributed by atoms with van der Waals surface area (Å²) >= 11 is 0. The molecule has 1 rings (SSSR count). The maximum absolute atomic E-state index is 12.2. The summed E-state index contributed by atoms with van der Waals surface area (Å²) in [6.45, 7) is 1.35.